The molecule has 1 unspecified atom stereocenters. The van der Waals surface area contributed by atoms with E-state index >= 15 is 0 Å². The molecule has 0 radical (unpaired) electrons. The van der Waals surface area contributed by atoms with E-state index in [1.807, 2.05) is 44.2 Å². The van der Waals surface area contributed by atoms with Crippen LogP contribution in [0.1, 0.15) is 52.5 Å². The minimum Gasteiger partial charge on any atom is -0.351 e. The van der Waals surface area contributed by atoms with E-state index in [2.05, 4.69) is 26.1 Å². The van der Waals surface area contributed by atoms with E-state index in [1.54, 1.807) is 12.1 Å². The van der Waals surface area contributed by atoms with Crippen LogP contribution in [0.3, 0.4) is 0 Å². The third-order valence-electron chi connectivity index (χ3n) is 3.49. The second kappa shape index (κ2) is 7.29. The predicted molar refractivity (Wildman–Crippen MR) is 90.2 cm³/mol. The Kier molecular flexibility index (Phi) is 5.93. The van der Waals surface area contributed by atoms with Gasteiger partial charge in [-0.05, 0) is 31.2 Å². The Labute approximate surface area is 139 Å². The minimum absolute atomic E-state index is 0.0584. The largest absolute Gasteiger partial charge is 0.351 e. The maximum atomic E-state index is 12.8. The standard InChI is InChI=1S/C19H25N3O/c1-18(2,3)13-19(4,5)22-17(23)16(15(11-20)12-21)14-9-7-6-8-10-14/h6-10,15-16H,13H2,1-5H3,(H,22,23). The summed E-state index contributed by atoms with van der Waals surface area (Å²) in [6.07, 6.45) is 0.789. The van der Waals surface area contributed by atoms with E-state index in [9.17, 15) is 15.3 Å². The molecule has 0 aliphatic heterocycles. The van der Waals surface area contributed by atoms with Crippen molar-refractivity contribution in [2.24, 2.45) is 11.3 Å². The van der Waals surface area contributed by atoms with Gasteiger partial charge in [0.2, 0.25) is 5.91 Å². The van der Waals surface area contributed by atoms with Crippen LogP contribution in [-0.2, 0) is 4.79 Å². The molecule has 0 aliphatic carbocycles. The summed E-state index contributed by atoms with van der Waals surface area (Å²) in [4.78, 5) is 12.8. The average Bonchev–Trinajstić information content (AvgIpc) is 2.41. The zero-order valence-electron chi connectivity index (χ0n) is 14.6. The van der Waals surface area contributed by atoms with Crippen LogP contribution in [0.25, 0.3) is 0 Å². The zero-order chi connectivity index (χ0) is 17.7. The number of benzene rings is 1. The van der Waals surface area contributed by atoms with Crippen LogP contribution in [0.5, 0.6) is 0 Å². The van der Waals surface area contributed by atoms with E-state index in [1.165, 1.54) is 0 Å². The molecule has 0 saturated heterocycles. The molecule has 0 fully saturated rings. The molecular formula is C19H25N3O. The van der Waals surface area contributed by atoms with Crippen LogP contribution < -0.4 is 5.32 Å². The summed E-state index contributed by atoms with van der Waals surface area (Å²) in [6, 6.07) is 12.9. The number of rotatable bonds is 5. The third-order valence-corrected chi connectivity index (χ3v) is 3.49. The van der Waals surface area contributed by atoms with Gasteiger partial charge in [-0.25, -0.2) is 0 Å². The lowest BCUT2D eigenvalue weighted by Crippen LogP contribution is -2.48. The van der Waals surface area contributed by atoms with Crippen molar-refractivity contribution in [3.05, 3.63) is 35.9 Å². The summed E-state index contributed by atoms with van der Waals surface area (Å²) in [7, 11) is 0. The van der Waals surface area contributed by atoms with E-state index < -0.39 is 17.4 Å². The topological polar surface area (TPSA) is 76.7 Å². The molecule has 4 heteroatoms. The average molecular weight is 311 g/mol. The summed E-state index contributed by atoms with van der Waals surface area (Å²) in [6.45, 7) is 10.3. The van der Waals surface area contributed by atoms with Crippen molar-refractivity contribution in [3.63, 3.8) is 0 Å². The number of hydrogen-bond acceptors (Lipinski definition) is 3. The minimum atomic E-state index is -1.01. The quantitative estimate of drug-likeness (QED) is 0.899. The van der Waals surface area contributed by atoms with Gasteiger partial charge in [-0.15, -0.1) is 0 Å². The van der Waals surface area contributed by atoms with Crippen molar-refractivity contribution < 1.29 is 4.79 Å². The van der Waals surface area contributed by atoms with E-state index in [0.717, 1.165) is 6.42 Å². The van der Waals surface area contributed by atoms with Crippen LogP contribution >= 0.6 is 0 Å². The van der Waals surface area contributed by atoms with E-state index in [4.69, 9.17) is 0 Å². The molecule has 0 spiro atoms. The second-order valence-electron chi connectivity index (χ2n) is 7.73. The monoisotopic (exact) mass is 311 g/mol. The van der Waals surface area contributed by atoms with Crippen molar-refractivity contribution in [2.75, 3.05) is 0 Å². The normalized spacial score (nSPS) is 13.0. The summed E-state index contributed by atoms with van der Waals surface area (Å²) in [5, 5.41) is 21.5. The fourth-order valence-corrected chi connectivity index (χ4v) is 3.11. The Balaban J connectivity index is 3.07. The van der Waals surface area contributed by atoms with Gasteiger partial charge in [0.15, 0.2) is 0 Å². The van der Waals surface area contributed by atoms with Crippen molar-refractivity contribution in [3.8, 4) is 12.1 Å². The fraction of sp³-hybridized carbons (Fsp3) is 0.526. The Morgan fingerprint density at radius 1 is 1.09 bits per heavy atom. The fourth-order valence-electron chi connectivity index (χ4n) is 3.11. The molecule has 0 heterocycles. The van der Waals surface area contributed by atoms with Gasteiger partial charge in [-0.3, -0.25) is 4.79 Å². The molecule has 1 amide bonds. The number of carbonyl (C=O) groups excluding carboxylic acids is 1. The highest BCUT2D eigenvalue weighted by Gasteiger charge is 2.34. The molecule has 0 bridgehead atoms. The molecule has 122 valence electrons. The SMILES string of the molecule is CC(C)(C)CC(C)(C)NC(=O)C(c1ccccc1)C(C#N)C#N. The van der Waals surface area contributed by atoms with Crippen LogP contribution in [0.4, 0.5) is 0 Å². The number of nitrogens with zero attached hydrogens (tertiary/aromatic N) is 2. The van der Waals surface area contributed by atoms with Gasteiger partial charge in [-0.1, -0.05) is 51.1 Å². The van der Waals surface area contributed by atoms with Gasteiger partial charge in [0, 0.05) is 5.54 Å². The third kappa shape index (κ3) is 5.75. The lowest BCUT2D eigenvalue weighted by Gasteiger charge is -2.34. The van der Waals surface area contributed by atoms with Crippen LogP contribution in [0.15, 0.2) is 30.3 Å². The molecule has 1 aromatic rings. The number of nitrogens with one attached hydrogen (secondary N) is 1. The first-order valence-corrected chi connectivity index (χ1v) is 7.76. The lowest BCUT2D eigenvalue weighted by atomic mass is 9.80. The van der Waals surface area contributed by atoms with Crippen molar-refractivity contribution in [1.82, 2.24) is 5.32 Å². The van der Waals surface area contributed by atoms with Crippen molar-refractivity contribution >= 4 is 5.91 Å². The molecule has 4 nitrogen and oxygen atoms in total. The highest BCUT2D eigenvalue weighted by molar-refractivity contribution is 5.85. The Bertz CT molecular complexity index is 601. The molecule has 1 atom stereocenters. The smallest absolute Gasteiger partial charge is 0.230 e. The zero-order valence-corrected chi connectivity index (χ0v) is 14.6. The molecule has 1 aromatic carbocycles. The van der Waals surface area contributed by atoms with Crippen LogP contribution in [0.2, 0.25) is 0 Å². The van der Waals surface area contributed by atoms with Gasteiger partial charge in [0.05, 0.1) is 18.1 Å². The Morgan fingerprint density at radius 3 is 2.04 bits per heavy atom. The predicted octanol–water partition coefficient (Wildman–Crippen LogP) is 3.76. The lowest BCUT2D eigenvalue weighted by molar-refractivity contribution is -0.124. The number of amides is 1. The van der Waals surface area contributed by atoms with E-state index in [-0.39, 0.29) is 11.3 Å². The van der Waals surface area contributed by atoms with Gasteiger partial charge in [-0.2, -0.15) is 10.5 Å². The summed E-state index contributed by atoms with van der Waals surface area (Å²) < 4.78 is 0. The number of carbonyl (C=O) groups is 1. The highest BCUT2D eigenvalue weighted by Crippen LogP contribution is 2.29. The summed E-state index contributed by atoms with van der Waals surface area (Å²) in [5.74, 6) is -2.08. The maximum Gasteiger partial charge on any atom is 0.230 e. The molecule has 0 saturated carbocycles. The van der Waals surface area contributed by atoms with Crippen molar-refractivity contribution in [1.29, 1.82) is 10.5 Å². The highest BCUT2D eigenvalue weighted by atomic mass is 16.2. The van der Waals surface area contributed by atoms with Gasteiger partial charge >= 0.3 is 0 Å². The second-order valence-corrected chi connectivity index (χ2v) is 7.73. The summed E-state index contributed by atoms with van der Waals surface area (Å²) >= 11 is 0. The first kappa shape index (κ1) is 18.7. The Hall–Kier alpha value is -2.33. The van der Waals surface area contributed by atoms with Crippen LogP contribution in [-0.4, -0.2) is 11.4 Å². The first-order valence-electron chi connectivity index (χ1n) is 7.76. The molecule has 0 aromatic heterocycles. The number of nitriles is 2. The maximum absolute atomic E-state index is 12.8. The molecule has 1 rings (SSSR count). The molecule has 23 heavy (non-hydrogen) atoms. The van der Waals surface area contributed by atoms with Gasteiger partial charge < -0.3 is 5.32 Å². The summed E-state index contributed by atoms with van der Waals surface area (Å²) in [5.41, 5.74) is 0.324. The molecule has 1 N–H and O–H groups in total. The number of hydrogen-bond donors (Lipinski definition) is 1. The van der Waals surface area contributed by atoms with Gasteiger partial charge in [0.25, 0.3) is 0 Å². The molecule has 0 aliphatic rings. The first-order chi connectivity index (χ1) is 10.6. The Morgan fingerprint density at radius 2 is 1.61 bits per heavy atom. The van der Waals surface area contributed by atoms with Crippen LogP contribution in [0, 0.1) is 34.0 Å². The van der Waals surface area contributed by atoms with Crippen molar-refractivity contribution in [2.45, 2.75) is 52.5 Å². The van der Waals surface area contributed by atoms with Gasteiger partial charge in [0.1, 0.15) is 5.92 Å². The molecular weight excluding hydrogens is 286 g/mol. The van der Waals surface area contributed by atoms with E-state index in [0.29, 0.717) is 5.56 Å².